The van der Waals surface area contributed by atoms with Crippen LogP contribution in [0.15, 0.2) is 0 Å². The molecule has 6 nitrogen and oxygen atoms in total. The molecule has 0 fully saturated rings. The molecule has 0 unspecified atom stereocenters. The number of carbonyl (C=O) groups excluding carboxylic acids is 1. The largest absolute Gasteiger partial charge is 0.479 e. The zero-order valence-electron chi connectivity index (χ0n) is 8.17. The third-order valence-corrected chi connectivity index (χ3v) is 1.88. The summed E-state index contributed by atoms with van der Waals surface area (Å²) < 4.78 is 0. The number of rotatable bonds is 5. The zero-order chi connectivity index (χ0) is 11.3. The molecule has 0 aliphatic rings. The Balaban J connectivity index is 4.44. The van der Waals surface area contributed by atoms with Gasteiger partial charge in [0, 0.05) is 13.1 Å². The van der Waals surface area contributed by atoms with Gasteiger partial charge < -0.3 is 20.2 Å². The molecule has 3 N–H and O–H groups in total. The molecule has 6 heteroatoms. The van der Waals surface area contributed by atoms with Gasteiger partial charge in [0.1, 0.15) is 0 Å². The highest BCUT2D eigenvalue weighted by Gasteiger charge is 2.32. The molecule has 0 saturated carbocycles. The molecular weight excluding hydrogens is 190 g/mol. The summed E-state index contributed by atoms with van der Waals surface area (Å²) in [5.41, 5.74) is 0. The number of carbonyl (C=O) groups is 2. The summed E-state index contributed by atoms with van der Waals surface area (Å²) in [7, 11) is 0. The maximum Gasteiger partial charge on any atom is 0.335 e. The molecule has 0 aromatic heterocycles. The highest BCUT2D eigenvalue weighted by atomic mass is 16.4. The standard InChI is InChI=1S/C8H15NO5/c1-3-9(4-2)7(12)5(10)6(11)8(13)14/h5-6,10-11H,3-4H2,1-2H3,(H,13,14)/t5-,6-/m0/s1. The van der Waals surface area contributed by atoms with E-state index in [1.54, 1.807) is 13.8 Å². The number of aliphatic carboxylic acids is 1. The van der Waals surface area contributed by atoms with E-state index in [0.29, 0.717) is 13.1 Å². The Morgan fingerprint density at radius 1 is 1.14 bits per heavy atom. The number of hydrogen-bond donors (Lipinski definition) is 3. The molecular formula is C8H15NO5. The van der Waals surface area contributed by atoms with E-state index < -0.39 is 24.1 Å². The summed E-state index contributed by atoms with van der Waals surface area (Å²) in [6.07, 6.45) is -3.96. The molecule has 0 radical (unpaired) electrons. The first-order chi connectivity index (χ1) is 6.45. The molecule has 0 bridgehead atoms. The van der Waals surface area contributed by atoms with Crippen LogP contribution in [0, 0.1) is 0 Å². The Hall–Kier alpha value is -1.14. The van der Waals surface area contributed by atoms with Gasteiger partial charge in [0.15, 0.2) is 12.2 Å². The normalized spacial score (nSPS) is 14.6. The van der Waals surface area contributed by atoms with Crippen LogP contribution in [0.2, 0.25) is 0 Å². The Labute approximate surface area is 81.8 Å². The molecule has 0 aliphatic carbocycles. The zero-order valence-corrected chi connectivity index (χ0v) is 8.17. The molecule has 14 heavy (non-hydrogen) atoms. The molecule has 1 amide bonds. The number of carboxylic acid groups (broad SMARTS) is 1. The molecule has 0 aliphatic heterocycles. The molecule has 0 saturated heterocycles. The first-order valence-corrected chi connectivity index (χ1v) is 4.33. The molecule has 0 aromatic rings. The monoisotopic (exact) mass is 205 g/mol. The van der Waals surface area contributed by atoms with Crippen molar-refractivity contribution in [1.29, 1.82) is 0 Å². The van der Waals surface area contributed by atoms with E-state index in [-0.39, 0.29) is 0 Å². The van der Waals surface area contributed by atoms with E-state index >= 15 is 0 Å². The Bertz CT molecular complexity index is 214. The van der Waals surface area contributed by atoms with Gasteiger partial charge in [-0.05, 0) is 13.8 Å². The summed E-state index contributed by atoms with van der Waals surface area (Å²) in [6, 6.07) is 0. The minimum Gasteiger partial charge on any atom is -0.479 e. The Kier molecular flexibility index (Phi) is 5.11. The highest BCUT2D eigenvalue weighted by molar-refractivity contribution is 5.87. The van der Waals surface area contributed by atoms with Gasteiger partial charge in [-0.2, -0.15) is 0 Å². The van der Waals surface area contributed by atoms with Gasteiger partial charge in [0.25, 0.3) is 5.91 Å². The highest BCUT2D eigenvalue weighted by Crippen LogP contribution is 2.00. The van der Waals surface area contributed by atoms with Crippen molar-refractivity contribution < 1.29 is 24.9 Å². The van der Waals surface area contributed by atoms with Gasteiger partial charge >= 0.3 is 5.97 Å². The number of likely N-dealkylation sites (N-methyl/N-ethyl adjacent to an activating group) is 1. The molecule has 2 atom stereocenters. The van der Waals surface area contributed by atoms with Crippen molar-refractivity contribution in [3.63, 3.8) is 0 Å². The van der Waals surface area contributed by atoms with Gasteiger partial charge in [-0.1, -0.05) is 0 Å². The van der Waals surface area contributed by atoms with Gasteiger partial charge in [-0.25, -0.2) is 4.79 Å². The maximum absolute atomic E-state index is 11.3. The minimum atomic E-state index is -2.07. The van der Waals surface area contributed by atoms with Crippen molar-refractivity contribution in [2.45, 2.75) is 26.1 Å². The minimum absolute atomic E-state index is 0.360. The van der Waals surface area contributed by atoms with E-state index in [0.717, 1.165) is 0 Å². The fourth-order valence-electron chi connectivity index (χ4n) is 0.992. The first kappa shape index (κ1) is 12.9. The lowest BCUT2D eigenvalue weighted by Gasteiger charge is -2.23. The fourth-order valence-corrected chi connectivity index (χ4v) is 0.992. The van der Waals surface area contributed by atoms with Crippen molar-refractivity contribution in [1.82, 2.24) is 4.90 Å². The molecule has 82 valence electrons. The van der Waals surface area contributed by atoms with E-state index in [2.05, 4.69) is 0 Å². The van der Waals surface area contributed by atoms with Crippen LogP contribution in [-0.4, -0.2) is 57.4 Å². The Morgan fingerprint density at radius 2 is 1.57 bits per heavy atom. The average Bonchev–Trinajstić information content (AvgIpc) is 2.17. The summed E-state index contributed by atoms with van der Waals surface area (Å²) in [5, 5.41) is 26.4. The maximum atomic E-state index is 11.3. The van der Waals surface area contributed by atoms with Crippen LogP contribution in [-0.2, 0) is 9.59 Å². The van der Waals surface area contributed by atoms with Crippen molar-refractivity contribution in [3.8, 4) is 0 Å². The van der Waals surface area contributed by atoms with Crippen LogP contribution in [0.3, 0.4) is 0 Å². The van der Waals surface area contributed by atoms with Crippen LogP contribution in [0.25, 0.3) is 0 Å². The number of aliphatic hydroxyl groups is 2. The van der Waals surface area contributed by atoms with Crippen molar-refractivity contribution in [2.75, 3.05) is 13.1 Å². The van der Waals surface area contributed by atoms with E-state index in [1.807, 2.05) is 0 Å². The van der Waals surface area contributed by atoms with Gasteiger partial charge in [0.05, 0.1) is 0 Å². The third-order valence-electron chi connectivity index (χ3n) is 1.88. The predicted molar refractivity (Wildman–Crippen MR) is 47.6 cm³/mol. The van der Waals surface area contributed by atoms with Crippen molar-refractivity contribution in [3.05, 3.63) is 0 Å². The van der Waals surface area contributed by atoms with Crippen molar-refractivity contribution >= 4 is 11.9 Å². The molecule has 0 rings (SSSR count). The lowest BCUT2D eigenvalue weighted by molar-refractivity contribution is -0.162. The van der Waals surface area contributed by atoms with Crippen LogP contribution in [0.4, 0.5) is 0 Å². The summed E-state index contributed by atoms with van der Waals surface area (Å²) >= 11 is 0. The number of aliphatic hydroxyl groups excluding tert-OH is 2. The van der Waals surface area contributed by atoms with E-state index in [9.17, 15) is 9.59 Å². The lowest BCUT2D eigenvalue weighted by atomic mass is 10.2. The topological polar surface area (TPSA) is 98.1 Å². The molecule has 0 spiro atoms. The van der Waals surface area contributed by atoms with Crippen LogP contribution < -0.4 is 0 Å². The molecule has 0 heterocycles. The second kappa shape index (κ2) is 5.56. The number of carboxylic acids is 1. The third kappa shape index (κ3) is 2.97. The second-order valence-electron chi connectivity index (χ2n) is 2.74. The second-order valence-corrected chi connectivity index (χ2v) is 2.74. The average molecular weight is 205 g/mol. The smallest absolute Gasteiger partial charge is 0.335 e. The van der Waals surface area contributed by atoms with E-state index in [4.69, 9.17) is 15.3 Å². The van der Waals surface area contributed by atoms with Crippen molar-refractivity contribution in [2.24, 2.45) is 0 Å². The fraction of sp³-hybridized carbons (Fsp3) is 0.750. The van der Waals surface area contributed by atoms with Crippen LogP contribution in [0.1, 0.15) is 13.8 Å². The number of hydrogen-bond acceptors (Lipinski definition) is 4. The first-order valence-electron chi connectivity index (χ1n) is 4.33. The Morgan fingerprint density at radius 3 is 1.86 bits per heavy atom. The van der Waals surface area contributed by atoms with Crippen LogP contribution >= 0.6 is 0 Å². The van der Waals surface area contributed by atoms with Gasteiger partial charge in [-0.3, -0.25) is 4.79 Å². The number of amides is 1. The molecule has 0 aromatic carbocycles. The SMILES string of the molecule is CCN(CC)C(=O)[C@@H](O)[C@H](O)C(=O)O. The number of nitrogens with zero attached hydrogens (tertiary/aromatic N) is 1. The van der Waals surface area contributed by atoms with E-state index in [1.165, 1.54) is 4.90 Å². The van der Waals surface area contributed by atoms with Crippen LogP contribution in [0.5, 0.6) is 0 Å². The summed E-state index contributed by atoms with van der Waals surface area (Å²) in [4.78, 5) is 22.8. The van der Waals surface area contributed by atoms with Gasteiger partial charge in [0.2, 0.25) is 0 Å². The van der Waals surface area contributed by atoms with Gasteiger partial charge in [-0.15, -0.1) is 0 Å². The quantitative estimate of drug-likeness (QED) is 0.516. The lowest BCUT2D eigenvalue weighted by Crippen LogP contribution is -2.47. The summed E-state index contributed by atoms with van der Waals surface area (Å²) in [6.45, 7) is 4.11. The summed E-state index contributed by atoms with van der Waals surface area (Å²) in [5.74, 6) is -2.39. The predicted octanol–water partition coefficient (Wildman–Crippen LogP) is -1.34.